The molecule has 0 radical (unpaired) electrons. The molecular weight excluding hydrogens is 320 g/mol. The van der Waals surface area contributed by atoms with Crippen LogP contribution in [0.2, 0.25) is 0 Å². The Hall–Kier alpha value is -2.48. The Morgan fingerprint density at radius 1 is 1.28 bits per heavy atom. The molecule has 2 aliphatic rings. The van der Waals surface area contributed by atoms with Gasteiger partial charge in [-0.1, -0.05) is 12.8 Å². The fourth-order valence-electron chi connectivity index (χ4n) is 3.50. The summed E-state index contributed by atoms with van der Waals surface area (Å²) in [5.41, 5.74) is 7.19. The average molecular weight is 342 g/mol. The minimum Gasteiger partial charge on any atom is -0.382 e. The number of ether oxygens (including phenoxy) is 1. The van der Waals surface area contributed by atoms with Gasteiger partial charge in [0.25, 0.3) is 5.91 Å². The summed E-state index contributed by atoms with van der Waals surface area (Å²) in [6.45, 7) is 1.65. The van der Waals surface area contributed by atoms with Crippen molar-refractivity contribution in [1.82, 2.24) is 20.3 Å². The zero-order valence-corrected chi connectivity index (χ0v) is 14.0. The van der Waals surface area contributed by atoms with Crippen molar-refractivity contribution in [2.24, 2.45) is 0 Å². The smallest absolute Gasteiger partial charge is 0.251 e. The maximum absolute atomic E-state index is 12.5. The second-order valence-corrected chi connectivity index (χ2v) is 6.59. The van der Waals surface area contributed by atoms with E-state index in [9.17, 15) is 4.79 Å². The number of nitrogens with zero attached hydrogens (tertiary/aromatic N) is 4. The number of carbonyl (C=O) groups excluding carboxylic acids is 1. The van der Waals surface area contributed by atoms with Gasteiger partial charge < -0.3 is 20.7 Å². The van der Waals surface area contributed by atoms with E-state index in [2.05, 4.69) is 20.3 Å². The van der Waals surface area contributed by atoms with Crippen LogP contribution in [0.5, 0.6) is 0 Å². The Kier molecular flexibility index (Phi) is 4.35. The molecule has 2 aromatic heterocycles. The van der Waals surface area contributed by atoms with Gasteiger partial charge >= 0.3 is 0 Å². The highest BCUT2D eigenvalue weighted by Crippen LogP contribution is 2.22. The third-order valence-electron chi connectivity index (χ3n) is 4.88. The number of nitrogens with two attached hydrogens (primary N) is 1. The molecule has 0 spiro atoms. The summed E-state index contributed by atoms with van der Waals surface area (Å²) in [6, 6.07) is 4.06. The first-order valence-electron chi connectivity index (χ1n) is 8.75. The summed E-state index contributed by atoms with van der Waals surface area (Å²) in [7, 11) is 0. The Bertz CT molecular complexity index is 777. The highest BCUT2D eigenvalue weighted by Gasteiger charge is 2.29. The number of hydrogen-bond acceptors (Lipinski definition) is 7. The largest absolute Gasteiger partial charge is 0.382 e. The molecule has 1 aliphatic heterocycles. The molecule has 8 heteroatoms. The zero-order chi connectivity index (χ0) is 17.2. The molecule has 1 saturated heterocycles. The molecule has 0 bridgehead atoms. The van der Waals surface area contributed by atoms with Gasteiger partial charge in [0.15, 0.2) is 11.9 Å². The first-order chi connectivity index (χ1) is 12.2. The third kappa shape index (κ3) is 3.34. The summed E-state index contributed by atoms with van der Waals surface area (Å²) in [6.07, 6.45) is 5.45. The van der Waals surface area contributed by atoms with Gasteiger partial charge in [-0.25, -0.2) is 15.0 Å². The number of aromatic nitrogens is 3. The maximum Gasteiger partial charge on any atom is 0.251 e. The molecule has 2 fully saturated rings. The lowest BCUT2D eigenvalue weighted by atomic mass is 10.2. The van der Waals surface area contributed by atoms with Crippen molar-refractivity contribution < 1.29 is 9.53 Å². The topological polar surface area (TPSA) is 106 Å². The quantitative estimate of drug-likeness (QED) is 0.852. The highest BCUT2D eigenvalue weighted by atomic mass is 16.5. The van der Waals surface area contributed by atoms with E-state index in [0.717, 1.165) is 18.7 Å². The minimum atomic E-state index is -0.476. The van der Waals surface area contributed by atoms with E-state index in [4.69, 9.17) is 10.5 Å². The van der Waals surface area contributed by atoms with Gasteiger partial charge in [0, 0.05) is 12.6 Å². The average Bonchev–Trinajstić information content (AvgIpc) is 3.15. The van der Waals surface area contributed by atoms with Crippen molar-refractivity contribution >= 4 is 28.6 Å². The Labute approximate surface area is 145 Å². The second kappa shape index (κ2) is 6.79. The molecule has 8 nitrogen and oxygen atoms in total. The molecule has 25 heavy (non-hydrogen) atoms. The van der Waals surface area contributed by atoms with E-state index >= 15 is 0 Å². The fourth-order valence-corrected chi connectivity index (χ4v) is 3.50. The van der Waals surface area contributed by atoms with Crippen molar-refractivity contribution in [3.8, 4) is 0 Å². The molecule has 1 saturated carbocycles. The number of amides is 1. The number of nitrogen functional groups attached to an aromatic ring is 1. The van der Waals surface area contributed by atoms with Gasteiger partial charge in [-0.05, 0) is 25.0 Å². The van der Waals surface area contributed by atoms with Gasteiger partial charge in [0.1, 0.15) is 17.7 Å². The van der Waals surface area contributed by atoms with Crippen molar-refractivity contribution in [2.75, 3.05) is 30.3 Å². The van der Waals surface area contributed by atoms with Crippen LogP contribution in [0, 0.1) is 0 Å². The van der Waals surface area contributed by atoms with Crippen molar-refractivity contribution in [1.29, 1.82) is 0 Å². The molecule has 1 amide bonds. The van der Waals surface area contributed by atoms with Crippen LogP contribution in [-0.2, 0) is 9.53 Å². The lowest BCUT2D eigenvalue weighted by molar-refractivity contribution is -0.134. The van der Waals surface area contributed by atoms with Crippen LogP contribution in [0.4, 0.5) is 11.6 Å². The molecule has 4 rings (SSSR count). The molecule has 1 atom stereocenters. The second-order valence-electron chi connectivity index (χ2n) is 6.59. The number of nitrogens with one attached hydrogen (secondary N) is 1. The monoisotopic (exact) mass is 342 g/mol. The standard InChI is InChI=1S/C17H22N6O2/c18-16-15-12(19-10-20-16)5-6-14(22-15)23-7-8-25-13(9-23)17(24)21-11-3-1-2-4-11/h5-6,10-11,13H,1-4,7-9H2,(H,21,24)(H2,18,19,20). The number of anilines is 2. The van der Waals surface area contributed by atoms with Gasteiger partial charge in [-0.3, -0.25) is 4.79 Å². The molecule has 2 aromatic rings. The van der Waals surface area contributed by atoms with Crippen LogP contribution in [0.25, 0.3) is 11.0 Å². The van der Waals surface area contributed by atoms with Crippen molar-refractivity contribution in [3.63, 3.8) is 0 Å². The number of rotatable bonds is 3. The molecule has 0 aromatic carbocycles. The van der Waals surface area contributed by atoms with Gasteiger partial charge in [0.2, 0.25) is 0 Å². The fraction of sp³-hybridized carbons (Fsp3) is 0.529. The Balaban J connectivity index is 1.49. The SMILES string of the molecule is Nc1ncnc2ccc(N3CCOC(C(=O)NC4CCCC4)C3)nc12. The first kappa shape index (κ1) is 16.0. The van der Waals surface area contributed by atoms with Crippen molar-refractivity contribution in [3.05, 3.63) is 18.5 Å². The number of pyridine rings is 1. The van der Waals surface area contributed by atoms with Crippen LogP contribution < -0.4 is 16.0 Å². The molecule has 3 N–H and O–H groups in total. The molecule has 132 valence electrons. The van der Waals surface area contributed by atoms with Crippen molar-refractivity contribution in [2.45, 2.75) is 37.8 Å². The van der Waals surface area contributed by atoms with Crippen LogP contribution in [0.3, 0.4) is 0 Å². The summed E-state index contributed by atoms with van der Waals surface area (Å²) >= 11 is 0. The molecule has 1 unspecified atom stereocenters. The predicted octanol–water partition coefficient (Wildman–Crippen LogP) is 0.871. The van der Waals surface area contributed by atoms with Crippen LogP contribution >= 0.6 is 0 Å². The van der Waals surface area contributed by atoms with E-state index in [0.29, 0.717) is 42.6 Å². The highest BCUT2D eigenvalue weighted by molar-refractivity contribution is 5.85. The summed E-state index contributed by atoms with van der Waals surface area (Å²) in [5.74, 6) is 1.09. The third-order valence-corrected chi connectivity index (χ3v) is 4.88. The normalized spacial score (nSPS) is 21.6. The lowest BCUT2D eigenvalue weighted by Crippen LogP contribution is -2.51. The first-order valence-corrected chi connectivity index (χ1v) is 8.75. The minimum absolute atomic E-state index is 0.0276. The number of hydrogen-bond donors (Lipinski definition) is 2. The van der Waals surface area contributed by atoms with Crippen LogP contribution in [-0.4, -0.2) is 52.7 Å². The molecule has 1 aliphatic carbocycles. The molecule has 3 heterocycles. The summed E-state index contributed by atoms with van der Waals surface area (Å²) in [5, 5.41) is 3.11. The van der Waals surface area contributed by atoms with Gasteiger partial charge in [-0.2, -0.15) is 0 Å². The number of carbonyl (C=O) groups is 1. The van der Waals surface area contributed by atoms with E-state index in [1.165, 1.54) is 19.2 Å². The predicted molar refractivity (Wildman–Crippen MR) is 94.1 cm³/mol. The maximum atomic E-state index is 12.5. The lowest BCUT2D eigenvalue weighted by Gasteiger charge is -2.33. The number of fused-ring (bicyclic) bond motifs is 1. The van der Waals surface area contributed by atoms with E-state index in [1.807, 2.05) is 17.0 Å². The van der Waals surface area contributed by atoms with Crippen LogP contribution in [0.15, 0.2) is 18.5 Å². The molecular formula is C17H22N6O2. The zero-order valence-electron chi connectivity index (χ0n) is 14.0. The Morgan fingerprint density at radius 2 is 2.12 bits per heavy atom. The number of morpholine rings is 1. The van der Waals surface area contributed by atoms with E-state index in [-0.39, 0.29) is 5.91 Å². The van der Waals surface area contributed by atoms with E-state index in [1.54, 1.807) is 0 Å². The summed E-state index contributed by atoms with van der Waals surface area (Å²) < 4.78 is 5.68. The Morgan fingerprint density at radius 3 is 2.96 bits per heavy atom. The van der Waals surface area contributed by atoms with Crippen LogP contribution in [0.1, 0.15) is 25.7 Å². The summed E-state index contributed by atoms with van der Waals surface area (Å²) in [4.78, 5) is 27.3. The van der Waals surface area contributed by atoms with Gasteiger partial charge in [-0.15, -0.1) is 0 Å². The van der Waals surface area contributed by atoms with Gasteiger partial charge in [0.05, 0.1) is 18.7 Å². The van der Waals surface area contributed by atoms with E-state index < -0.39 is 6.10 Å².